The van der Waals surface area contributed by atoms with Gasteiger partial charge in [0, 0.05) is 99.2 Å². The van der Waals surface area contributed by atoms with Crippen LogP contribution in [0, 0.1) is 0 Å². The van der Waals surface area contributed by atoms with Crippen molar-refractivity contribution < 1.29 is 0 Å². The third-order valence-corrected chi connectivity index (χ3v) is 23.6. The number of nitrogens with zero attached hydrogens (tertiary/aromatic N) is 9. The van der Waals surface area contributed by atoms with Crippen LogP contribution in [0.3, 0.4) is 0 Å². The van der Waals surface area contributed by atoms with Crippen molar-refractivity contribution in [3.63, 3.8) is 0 Å². The molecule has 0 saturated carbocycles. The van der Waals surface area contributed by atoms with Crippen LogP contribution in [0.15, 0.2) is 431 Å². The summed E-state index contributed by atoms with van der Waals surface area (Å²) in [6.45, 7) is 0. The molecular weight excluding hydrogens is 1460 g/mol. The van der Waals surface area contributed by atoms with Gasteiger partial charge in [0.05, 0.1) is 55.5 Å². The zero-order chi connectivity index (χ0) is 79.1. The van der Waals surface area contributed by atoms with Crippen molar-refractivity contribution in [1.82, 2.24) is 43.2 Å². The molecule has 0 aliphatic carbocycles. The molecule has 0 bridgehead atoms. The van der Waals surface area contributed by atoms with E-state index in [1.807, 2.05) is 60.7 Å². The fourth-order valence-corrected chi connectivity index (χ4v) is 17.9. The normalized spacial score (nSPS) is 11.7. The molecule has 18 aromatic carbocycles. The minimum atomic E-state index is 0.631. The Morgan fingerprint density at radius 3 is 0.800 bits per heavy atom. The van der Waals surface area contributed by atoms with E-state index < -0.39 is 0 Å². The molecule has 0 spiro atoms. The van der Waals surface area contributed by atoms with Crippen molar-refractivity contribution in [2.45, 2.75) is 0 Å². The molecule has 6 aromatic heterocycles. The molecule has 0 atom stereocenters. The maximum absolute atomic E-state index is 5.19. The molecule has 0 aliphatic rings. The van der Waals surface area contributed by atoms with Crippen LogP contribution in [0.4, 0.5) is 0 Å². The van der Waals surface area contributed by atoms with Crippen LogP contribution in [0.5, 0.6) is 0 Å². The molecule has 0 N–H and O–H groups in total. The number of benzene rings is 18. The average molecular weight is 1530 g/mol. The van der Waals surface area contributed by atoms with Crippen molar-refractivity contribution in [2.24, 2.45) is 0 Å². The molecule has 6 heterocycles. The Kier molecular flexibility index (Phi) is 16.7. The van der Waals surface area contributed by atoms with E-state index in [0.717, 1.165) is 94.8 Å². The van der Waals surface area contributed by atoms with Crippen LogP contribution in [0.25, 0.3) is 222 Å². The topological polar surface area (TPSA) is 84.2 Å². The maximum atomic E-state index is 5.19. The van der Waals surface area contributed by atoms with Gasteiger partial charge in [0.25, 0.3) is 0 Å². The van der Waals surface area contributed by atoms with Gasteiger partial charge >= 0.3 is 0 Å². The molecule has 9 nitrogen and oxygen atoms in total. The number of aromatic nitrogens is 9. The Morgan fingerprint density at radius 1 is 0.133 bits per heavy atom. The second-order valence-corrected chi connectivity index (χ2v) is 30.7. The van der Waals surface area contributed by atoms with Crippen molar-refractivity contribution in [3.05, 3.63) is 431 Å². The van der Waals surface area contributed by atoms with Gasteiger partial charge in [-0.25, -0.2) is 24.9 Å². The van der Waals surface area contributed by atoms with E-state index in [0.29, 0.717) is 23.3 Å². The summed E-state index contributed by atoms with van der Waals surface area (Å²) in [7, 11) is 0. The number of hydrogen-bond donors (Lipinski definition) is 0. The van der Waals surface area contributed by atoms with Crippen LogP contribution in [-0.4, -0.2) is 43.2 Å². The molecule has 24 rings (SSSR count). The van der Waals surface area contributed by atoms with Gasteiger partial charge in [-0.05, 0) is 159 Å². The second kappa shape index (κ2) is 28.9. The van der Waals surface area contributed by atoms with Crippen molar-refractivity contribution in [2.75, 3.05) is 0 Å². The first-order valence-electron chi connectivity index (χ1n) is 40.7. The first kappa shape index (κ1) is 69.3. The van der Waals surface area contributed by atoms with E-state index in [4.69, 9.17) is 24.9 Å². The number of fused-ring (bicyclic) bond motifs is 14. The standard InChI is InChI=1S/C56H36N4.C55H35N5/c1-4-14-37(15-5-1)38-24-27-40(28-25-38)50-35-51(58-56(57-50)41-16-6-2-7-17-41)42-29-26-39-30-31-45(33-43(39)32-42)60-53-23-13-11-21-47(53)49-34-48-46-20-10-12-22-52(46)59(54(48)36-55(49)60)44-18-8-3-9-19-44;1-4-14-36(15-5-1)37-24-27-40(28-25-37)54-56-53(39-16-6-2-7-17-39)57-55(58-54)41-29-26-38-30-31-44(33-42(38)32-41)60-50-23-13-11-21-46(50)48-34-47-45-20-10-12-22-49(45)59(51(47)35-52(48)60)43-18-8-3-9-19-43/h1-36H;1-35H. The van der Waals surface area contributed by atoms with E-state index in [2.05, 4.69) is 388 Å². The smallest absolute Gasteiger partial charge is 0.164 e. The lowest BCUT2D eigenvalue weighted by Crippen LogP contribution is -2.00. The number of rotatable bonds is 12. The summed E-state index contributed by atoms with van der Waals surface area (Å²) in [6, 6.07) is 153. The molecule has 120 heavy (non-hydrogen) atoms. The van der Waals surface area contributed by atoms with Crippen molar-refractivity contribution in [1.29, 1.82) is 0 Å². The third-order valence-electron chi connectivity index (χ3n) is 23.6. The van der Waals surface area contributed by atoms with Crippen LogP contribution in [0.1, 0.15) is 0 Å². The van der Waals surface area contributed by atoms with Crippen LogP contribution >= 0.6 is 0 Å². The summed E-state index contributed by atoms with van der Waals surface area (Å²) in [5.41, 5.74) is 26.3. The second-order valence-electron chi connectivity index (χ2n) is 30.7. The minimum absolute atomic E-state index is 0.631. The van der Waals surface area contributed by atoms with E-state index in [1.165, 1.54) is 104 Å². The van der Waals surface area contributed by atoms with Crippen LogP contribution in [-0.2, 0) is 0 Å². The first-order chi connectivity index (χ1) is 59.5. The molecule has 0 fully saturated rings. The molecule has 0 unspecified atom stereocenters. The van der Waals surface area contributed by atoms with E-state index in [1.54, 1.807) is 0 Å². The predicted molar refractivity (Wildman–Crippen MR) is 498 cm³/mol. The van der Waals surface area contributed by atoms with Gasteiger partial charge in [0.15, 0.2) is 23.3 Å². The number of para-hydroxylation sites is 6. The fourth-order valence-electron chi connectivity index (χ4n) is 17.9. The lowest BCUT2D eigenvalue weighted by Gasteiger charge is -2.12. The predicted octanol–water partition coefficient (Wildman–Crippen LogP) is 28.4. The summed E-state index contributed by atoms with van der Waals surface area (Å²) in [4.78, 5) is 25.5. The van der Waals surface area contributed by atoms with E-state index >= 15 is 0 Å². The summed E-state index contributed by atoms with van der Waals surface area (Å²) in [5, 5.41) is 14.5. The van der Waals surface area contributed by atoms with Crippen molar-refractivity contribution >= 4 is 109 Å². The zero-order valence-corrected chi connectivity index (χ0v) is 65.0. The van der Waals surface area contributed by atoms with Crippen LogP contribution < -0.4 is 0 Å². The van der Waals surface area contributed by atoms with Gasteiger partial charge < -0.3 is 18.3 Å². The molecule has 560 valence electrons. The van der Waals surface area contributed by atoms with Gasteiger partial charge in [-0.3, -0.25) is 0 Å². The van der Waals surface area contributed by atoms with Gasteiger partial charge in [-0.2, -0.15) is 0 Å². The molecule has 24 aromatic rings. The highest BCUT2D eigenvalue weighted by molar-refractivity contribution is 6.21. The first-order valence-corrected chi connectivity index (χ1v) is 40.7. The quantitative estimate of drug-likeness (QED) is 0.122. The molecule has 0 amide bonds. The molecule has 9 heteroatoms. The Labute approximate surface area is 691 Å². The minimum Gasteiger partial charge on any atom is -0.309 e. The highest BCUT2D eigenvalue weighted by Gasteiger charge is 2.23. The molecular formula is C111H71N9. The largest absolute Gasteiger partial charge is 0.309 e. The van der Waals surface area contributed by atoms with Gasteiger partial charge in [0.2, 0.25) is 0 Å². The Balaban J connectivity index is 0.000000140. The maximum Gasteiger partial charge on any atom is 0.164 e. The van der Waals surface area contributed by atoms with E-state index in [9.17, 15) is 0 Å². The lowest BCUT2D eigenvalue weighted by molar-refractivity contribution is 1.07. The highest BCUT2D eigenvalue weighted by atomic mass is 15.0. The van der Waals surface area contributed by atoms with Gasteiger partial charge in [-0.15, -0.1) is 0 Å². The molecule has 0 aliphatic heterocycles. The lowest BCUT2D eigenvalue weighted by atomic mass is 10.0. The summed E-state index contributed by atoms with van der Waals surface area (Å²) in [5.74, 6) is 2.61. The Bertz CT molecular complexity index is 7620. The van der Waals surface area contributed by atoms with Gasteiger partial charge in [-0.1, -0.05) is 315 Å². The van der Waals surface area contributed by atoms with Gasteiger partial charge in [0.1, 0.15) is 0 Å². The van der Waals surface area contributed by atoms with Crippen molar-refractivity contribution in [3.8, 4) is 113 Å². The SMILES string of the molecule is c1ccc(-c2ccc(-c3cc(-c4ccc5ccc(-n6c7ccccc7c7cc8c9ccccc9n(-c9ccccc9)c8cc76)cc5c4)nc(-c4ccccc4)n3)cc2)cc1.c1ccc(-c2ccc(-c3nc(-c4ccccc4)nc(-c4ccc5ccc(-n6c7ccccc7c7cc8c9ccccc9n(-c9ccccc9)c8cc76)cc5c4)n3)cc2)cc1. The summed E-state index contributed by atoms with van der Waals surface area (Å²) < 4.78 is 9.63. The van der Waals surface area contributed by atoms with Crippen LogP contribution in [0.2, 0.25) is 0 Å². The Morgan fingerprint density at radius 2 is 0.400 bits per heavy atom. The monoisotopic (exact) mass is 1530 g/mol. The highest BCUT2D eigenvalue weighted by Crippen LogP contribution is 2.44. The summed E-state index contributed by atoms with van der Waals surface area (Å²) in [6.07, 6.45) is 0. The average Bonchev–Trinajstić information content (AvgIpc) is 1.56. The molecule has 0 saturated heterocycles. The fraction of sp³-hybridized carbons (Fsp3) is 0. The van der Waals surface area contributed by atoms with E-state index in [-0.39, 0.29) is 0 Å². The Hall–Kier alpha value is -16.2. The number of hydrogen-bond acceptors (Lipinski definition) is 5. The third kappa shape index (κ3) is 12.1. The summed E-state index contributed by atoms with van der Waals surface area (Å²) >= 11 is 0. The zero-order valence-electron chi connectivity index (χ0n) is 65.0. The molecule has 0 radical (unpaired) electrons.